The number of benzene rings is 1. The van der Waals surface area contributed by atoms with E-state index in [9.17, 15) is 18.3 Å². The molecule has 4 nitrogen and oxygen atoms in total. The molecule has 0 aromatic heterocycles. The second-order valence-corrected chi connectivity index (χ2v) is 5.70. The molecule has 1 saturated heterocycles. The number of para-hydroxylation sites is 1. The molecule has 1 aliphatic rings. The Labute approximate surface area is 157 Å². The molecule has 0 aliphatic carbocycles. The molecule has 9 heteroatoms. The van der Waals surface area contributed by atoms with Gasteiger partial charge in [0.25, 0.3) is 0 Å². The van der Waals surface area contributed by atoms with Crippen LogP contribution < -0.4 is 10.1 Å². The highest BCUT2D eigenvalue weighted by atomic mass is 35.5. The van der Waals surface area contributed by atoms with Gasteiger partial charge >= 0.3 is 6.36 Å². The van der Waals surface area contributed by atoms with Crippen molar-refractivity contribution in [1.29, 1.82) is 0 Å². The monoisotopic (exact) mass is 402 g/mol. The van der Waals surface area contributed by atoms with Gasteiger partial charge in [0.1, 0.15) is 0 Å². The van der Waals surface area contributed by atoms with Crippen LogP contribution in [-0.4, -0.2) is 42.5 Å². The molecule has 2 rings (SSSR count). The van der Waals surface area contributed by atoms with E-state index in [1.807, 2.05) is 6.92 Å². The van der Waals surface area contributed by atoms with Crippen LogP contribution in [0.3, 0.4) is 0 Å². The average molecular weight is 403 g/mol. The van der Waals surface area contributed by atoms with Crippen LogP contribution in [0.15, 0.2) is 30.4 Å². The first-order valence-corrected chi connectivity index (χ1v) is 7.44. The minimum Gasteiger partial charge on any atom is -0.504 e. The van der Waals surface area contributed by atoms with E-state index < -0.39 is 17.9 Å². The largest absolute Gasteiger partial charge is 0.573 e. The van der Waals surface area contributed by atoms with Gasteiger partial charge in [0.2, 0.25) is 0 Å². The summed E-state index contributed by atoms with van der Waals surface area (Å²) in [5.41, 5.74) is 1.33. The van der Waals surface area contributed by atoms with Crippen LogP contribution >= 0.6 is 24.8 Å². The van der Waals surface area contributed by atoms with E-state index in [-0.39, 0.29) is 30.9 Å². The first-order chi connectivity index (χ1) is 10.8. The summed E-state index contributed by atoms with van der Waals surface area (Å²) in [4.78, 5) is 2.14. The Bertz CT molecular complexity index is 565. The predicted molar refractivity (Wildman–Crippen MR) is 95.9 cm³/mol. The van der Waals surface area contributed by atoms with E-state index in [0.717, 1.165) is 37.8 Å². The summed E-state index contributed by atoms with van der Waals surface area (Å²) in [5.74, 6) is -1.04. The number of hydrogen-bond donors (Lipinski definition) is 2. The Kier molecular flexibility index (Phi) is 9.64. The summed E-state index contributed by atoms with van der Waals surface area (Å²) >= 11 is 0. The zero-order valence-electron chi connectivity index (χ0n) is 13.8. The fraction of sp³-hybridized carbons (Fsp3) is 0.500. The van der Waals surface area contributed by atoms with Crippen LogP contribution in [0.5, 0.6) is 11.5 Å². The van der Waals surface area contributed by atoms with Crippen molar-refractivity contribution in [2.75, 3.05) is 26.2 Å². The third-order valence-corrected chi connectivity index (χ3v) is 3.75. The zero-order valence-corrected chi connectivity index (χ0v) is 15.4. The minimum absolute atomic E-state index is 0. The van der Waals surface area contributed by atoms with Gasteiger partial charge in [-0.25, -0.2) is 0 Å². The maximum absolute atomic E-state index is 12.5. The fourth-order valence-corrected chi connectivity index (χ4v) is 2.77. The summed E-state index contributed by atoms with van der Waals surface area (Å²) in [6.07, 6.45) is -4.28. The second kappa shape index (κ2) is 10.1. The van der Waals surface area contributed by atoms with Crippen LogP contribution in [0.25, 0.3) is 0 Å². The van der Waals surface area contributed by atoms with Gasteiger partial charge in [-0.1, -0.05) is 17.7 Å². The number of alkyl halides is 3. The first-order valence-electron chi connectivity index (χ1n) is 7.44. The third kappa shape index (κ3) is 6.93. The Morgan fingerprint density at radius 2 is 1.92 bits per heavy atom. The number of phenols is 1. The molecule has 0 radical (unpaired) electrons. The Hall–Kier alpha value is -1.15. The van der Waals surface area contributed by atoms with E-state index in [1.165, 1.54) is 6.07 Å². The lowest BCUT2D eigenvalue weighted by Gasteiger charge is -2.35. The van der Waals surface area contributed by atoms with Crippen molar-refractivity contribution < 1.29 is 23.0 Å². The van der Waals surface area contributed by atoms with E-state index in [1.54, 1.807) is 6.07 Å². The highest BCUT2D eigenvalue weighted by Crippen LogP contribution is 2.40. The quantitative estimate of drug-likeness (QED) is 0.729. The maximum atomic E-state index is 12.5. The third-order valence-electron chi connectivity index (χ3n) is 3.75. The number of piperazine rings is 1. The van der Waals surface area contributed by atoms with Crippen molar-refractivity contribution in [1.82, 2.24) is 10.2 Å². The lowest BCUT2D eigenvalue weighted by atomic mass is 9.96. The summed E-state index contributed by atoms with van der Waals surface area (Å²) in [5, 5.41) is 13.5. The maximum Gasteiger partial charge on any atom is 0.573 e. The van der Waals surface area contributed by atoms with Gasteiger partial charge in [-0.05, 0) is 19.4 Å². The van der Waals surface area contributed by atoms with Crippen LogP contribution in [0.4, 0.5) is 13.2 Å². The van der Waals surface area contributed by atoms with E-state index >= 15 is 0 Å². The van der Waals surface area contributed by atoms with Gasteiger partial charge in [0.15, 0.2) is 11.5 Å². The number of ether oxygens (including phenoxy) is 1. The van der Waals surface area contributed by atoms with Gasteiger partial charge in [-0.2, -0.15) is 0 Å². The summed E-state index contributed by atoms with van der Waals surface area (Å²) < 4.78 is 41.3. The minimum atomic E-state index is -4.84. The number of hydrogen-bond acceptors (Lipinski definition) is 4. The molecule has 1 heterocycles. The first kappa shape index (κ1) is 23.9. The molecule has 1 atom stereocenters. The van der Waals surface area contributed by atoms with Crippen LogP contribution in [-0.2, 0) is 0 Å². The fourth-order valence-electron chi connectivity index (χ4n) is 2.77. The molecular weight excluding hydrogens is 380 g/mol. The van der Waals surface area contributed by atoms with Crippen LogP contribution in [0.1, 0.15) is 24.9 Å². The van der Waals surface area contributed by atoms with E-state index in [0.29, 0.717) is 12.0 Å². The van der Waals surface area contributed by atoms with Gasteiger partial charge in [-0.15, -0.1) is 44.6 Å². The molecule has 1 aliphatic heterocycles. The summed E-state index contributed by atoms with van der Waals surface area (Å²) in [7, 11) is 0. The highest BCUT2D eigenvalue weighted by molar-refractivity contribution is 5.85. The molecule has 2 N–H and O–H groups in total. The van der Waals surface area contributed by atoms with Crippen molar-refractivity contribution in [2.45, 2.75) is 25.7 Å². The Morgan fingerprint density at radius 3 is 2.44 bits per heavy atom. The number of halogens is 5. The SMILES string of the molecule is C=C(C)C[C@@H](c1cccc(OC(F)(F)F)c1O)N1CCNCC1.Cl.Cl. The molecule has 1 aromatic carbocycles. The van der Waals surface area contributed by atoms with Crippen LogP contribution in [0.2, 0.25) is 0 Å². The molecule has 0 spiro atoms. The van der Waals surface area contributed by atoms with Crippen molar-refractivity contribution in [2.24, 2.45) is 0 Å². The topological polar surface area (TPSA) is 44.7 Å². The zero-order chi connectivity index (χ0) is 17.0. The normalized spacial score (nSPS) is 16.3. The van der Waals surface area contributed by atoms with Crippen LogP contribution in [0, 0.1) is 0 Å². The Morgan fingerprint density at radius 1 is 1.32 bits per heavy atom. The molecule has 0 unspecified atom stereocenters. The number of nitrogens with one attached hydrogen (secondary N) is 1. The lowest BCUT2D eigenvalue weighted by Crippen LogP contribution is -2.45. The standard InChI is InChI=1S/C16H21F3N2O2.2ClH/c1-11(2)10-13(21-8-6-20-7-9-21)12-4-3-5-14(15(12)22)23-16(17,18)19;;/h3-5,13,20,22H,1,6-10H2,2H3;2*1H/t13-;;/m0../s1. The molecule has 0 bridgehead atoms. The molecule has 25 heavy (non-hydrogen) atoms. The number of rotatable bonds is 5. The molecule has 144 valence electrons. The Balaban J connectivity index is 0.00000288. The van der Waals surface area contributed by atoms with Gasteiger partial charge in [-0.3, -0.25) is 4.90 Å². The molecule has 0 saturated carbocycles. The lowest BCUT2D eigenvalue weighted by molar-refractivity contribution is -0.275. The van der Waals surface area contributed by atoms with Gasteiger partial charge < -0.3 is 15.2 Å². The van der Waals surface area contributed by atoms with E-state index in [4.69, 9.17) is 0 Å². The molecular formula is C16H23Cl2F3N2O2. The van der Waals surface area contributed by atoms with Gasteiger partial charge in [0.05, 0.1) is 0 Å². The van der Waals surface area contributed by atoms with Crippen molar-refractivity contribution in [3.63, 3.8) is 0 Å². The van der Waals surface area contributed by atoms with E-state index in [2.05, 4.69) is 21.5 Å². The smallest absolute Gasteiger partial charge is 0.504 e. The second-order valence-electron chi connectivity index (χ2n) is 5.70. The van der Waals surface area contributed by atoms with Crippen molar-refractivity contribution in [3.8, 4) is 11.5 Å². The molecule has 1 fully saturated rings. The van der Waals surface area contributed by atoms with Gasteiger partial charge in [0, 0.05) is 37.8 Å². The number of nitrogens with zero attached hydrogens (tertiary/aromatic N) is 1. The molecule has 0 amide bonds. The van der Waals surface area contributed by atoms with Crippen molar-refractivity contribution >= 4 is 24.8 Å². The number of aromatic hydroxyl groups is 1. The molecule has 1 aromatic rings. The highest BCUT2D eigenvalue weighted by Gasteiger charge is 2.34. The summed E-state index contributed by atoms with van der Waals surface area (Å²) in [6, 6.07) is 3.98. The summed E-state index contributed by atoms with van der Waals surface area (Å²) in [6.45, 7) is 8.85. The number of phenolic OH excluding ortho intramolecular Hbond substituents is 1. The average Bonchev–Trinajstić information content (AvgIpc) is 2.47. The predicted octanol–water partition coefficient (Wildman–Crippen LogP) is 4.05. The van der Waals surface area contributed by atoms with Crippen molar-refractivity contribution in [3.05, 3.63) is 35.9 Å².